The van der Waals surface area contributed by atoms with Crippen LogP contribution in [-0.4, -0.2) is 37.7 Å². The van der Waals surface area contributed by atoms with Crippen molar-refractivity contribution in [2.75, 3.05) is 30.1 Å². The molecule has 1 aromatic heterocycles. The fraction of sp³-hybridized carbons (Fsp3) is 0.217. The van der Waals surface area contributed by atoms with Crippen LogP contribution in [0.25, 0.3) is 0 Å². The van der Waals surface area contributed by atoms with E-state index in [1.54, 1.807) is 13.3 Å². The number of halogens is 1. The average Bonchev–Trinajstić information content (AvgIpc) is 3.06. The lowest BCUT2D eigenvalue weighted by atomic mass is 9.97. The van der Waals surface area contributed by atoms with E-state index in [0.717, 1.165) is 33.4 Å². The van der Waals surface area contributed by atoms with Crippen LogP contribution < -0.4 is 9.80 Å². The van der Waals surface area contributed by atoms with Gasteiger partial charge in [-0.2, -0.15) is 0 Å². The summed E-state index contributed by atoms with van der Waals surface area (Å²) in [4.78, 5) is 21.2. The maximum Gasteiger partial charge on any atom is 0.163 e. The first-order chi connectivity index (χ1) is 14.2. The van der Waals surface area contributed by atoms with Crippen LogP contribution in [0.5, 0.6) is 0 Å². The van der Waals surface area contributed by atoms with E-state index in [2.05, 4.69) is 50.0 Å². The van der Waals surface area contributed by atoms with Crippen molar-refractivity contribution in [3.63, 3.8) is 0 Å². The minimum Gasteiger partial charge on any atom is -0.383 e. The first-order valence-corrected chi connectivity index (χ1v) is 10.3. The third-order valence-corrected chi connectivity index (χ3v) is 5.57. The molecule has 0 radical (unpaired) electrons. The molecule has 0 saturated heterocycles. The molecule has 3 aromatic rings. The number of aldehydes is 1. The Morgan fingerprint density at radius 2 is 1.72 bits per heavy atom. The van der Waals surface area contributed by atoms with Crippen molar-refractivity contribution in [1.82, 2.24) is 4.98 Å². The smallest absolute Gasteiger partial charge is 0.163 e. The minimum absolute atomic E-state index is 0.146. The van der Waals surface area contributed by atoms with E-state index in [1.807, 2.05) is 42.5 Å². The molecule has 1 aliphatic heterocycles. The molecule has 0 amide bonds. The summed E-state index contributed by atoms with van der Waals surface area (Å²) < 4.78 is 6.17. The van der Waals surface area contributed by atoms with Crippen molar-refractivity contribution in [1.29, 1.82) is 0 Å². The highest BCUT2D eigenvalue weighted by atomic mass is 79.9. The van der Waals surface area contributed by atoms with Gasteiger partial charge in [0.15, 0.2) is 18.3 Å². The molecule has 148 valence electrons. The zero-order chi connectivity index (χ0) is 20.2. The lowest BCUT2D eigenvalue weighted by molar-refractivity contribution is -0.109. The minimum atomic E-state index is -0.479. The SMILES string of the molecule is COCCN1c2cc(Br)cnc2N(C(c2ccccc2)c2ccccc2)C1C=O. The number of benzene rings is 2. The van der Waals surface area contributed by atoms with Crippen LogP contribution >= 0.6 is 15.9 Å². The Morgan fingerprint density at radius 1 is 1.10 bits per heavy atom. The predicted octanol–water partition coefficient (Wildman–Crippen LogP) is 4.43. The highest BCUT2D eigenvalue weighted by Gasteiger charge is 2.41. The van der Waals surface area contributed by atoms with Gasteiger partial charge in [0.05, 0.1) is 18.3 Å². The van der Waals surface area contributed by atoms with Gasteiger partial charge in [0.1, 0.15) is 0 Å². The van der Waals surface area contributed by atoms with Gasteiger partial charge < -0.3 is 14.5 Å². The fourth-order valence-corrected chi connectivity index (χ4v) is 4.21. The van der Waals surface area contributed by atoms with Gasteiger partial charge in [-0.25, -0.2) is 4.98 Å². The zero-order valence-electron chi connectivity index (χ0n) is 16.1. The van der Waals surface area contributed by atoms with Crippen molar-refractivity contribution < 1.29 is 9.53 Å². The van der Waals surface area contributed by atoms with Crippen molar-refractivity contribution >= 4 is 33.7 Å². The van der Waals surface area contributed by atoms with Crippen molar-refractivity contribution in [2.45, 2.75) is 12.2 Å². The predicted molar refractivity (Wildman–Crippen MR) is 118 cm³/mol. The van der Waals surface area contributed by atoms with Gasteiger partial charge >= 0.3 is 0 Å². The summed E-state index contributed by atoms with van der Waals surface area (Å²) in [6.07, 6.45) is 2.29. The highest BCUT2D eigenvalue weighted by Crippen LogP contribution is 2.45. The van der Waals surface area contributed by atoms with Crippen molar-refractivity contribution in [3.05, 3.63) is 88.5 Å². The molecule has 0 spiro atoms. The Labute approximate surface area is 179 Å². The molecule has 6 heteroatoms. The number of nitrogens with zero attached hydrogens (tertiary/aromatic N) is 3. The summed E-state index contributed by atoms with van der Waals surface area (Å²) in [5, 5.41) is 0. The molecule has 2 heterocycles. The quantitative estimate of drug-likeness (QED) is 0.497. The van der Waals surface area contributed by atoms with Gasteiger partial charge in [0.25, 0.3) is 0 Å². The van der Waals surface area contributed by atoms with E-state index in [-0.39, 0.29) is 6.04 Å². The molecular formula is C23H22BrN3O2. The molecule has 0 aliphatic carbocycles. The molecule has 5 nitrogen and oxygen atoms in total. The van der Waals surface area contributed by atoms with Gasteiger partial charge in [0.2, 0.25) is 0 Å². The van der Waals surface area contributed by atoms with Gasteiger partial charge in [-0.15, -0.1) is 0 Å². The van der Waals surface area contributed by atoms with Crippen LogP contribution in [0.2, 0.25) is 0 Å². The second kappa shape index (κ2) is 8.76. The van der Waals surface area contributed by atoms with Gasteiger partial charge in [-0.1, -0.05) is 60.7 Å². The van der Waals surface area contributed by atoms with Crippen LogP contribution in [0.1, 0.15) is 17.2 Å². The topological polar surface area (TPSA) is 45.7 Å². The van der Waals surface area contributed by atoms with E-state index >= 15 is 0 Å². The lowest BCUT2D eigenvalue weighted by Gasteiger charge is -2.35. The number of carbonyl (C=O) groups excluding carboxylic acids is 1. The van der Waals surface area contributed by atoms with E-state index in [0.29, 0.717) is 13.2 Å². The molecule has 1 unspecified atom stereocenters. The molecule has 0 saturated carbocycles. The Balaban J connectivity index is 1.88. The molecule has 1 atom stereocenters. The van der Waals surface area contributed by atoms with Crippen LogP contribution in [0.4, 0.5) is 11.5 Å². The van der Waals surface area contributed by atoms with Crippen LogP contribution in [0.15, 0.2) is 77.4 Å². The molecular weight excluding hydrogens is 430 g/mol. The first kappa shape index (κ1) is 19.6. The van der Waals surface area contributed by atoms with Gasteiger partial charge in [-0.3, -0.25) is 4.79 Å². The number of aromatic nitrogens is 1. The van der Waals surface area contributed by atoms with E-state index < -0.39 is 6.17 Å². The summed E-state index contributed by atoms with van der Waals surface area (Å²) in [6.45, 7) is 1.11. The molecule has 29 heavy (non-hydrogen) atoms. The number of fused-ring (bicyclic) bond motifs is 1. The Hall–Kier alpha value is -2.70. The highest BCUT2D eigenvalue weighted by molar-refractivity contribution is 9.10. The number of pyridine rings is 1. The van der Waals surface area contributed by atoms with E-state index in [1.165, 1.54) is 0 Å². The first-order valence-electron chi connectivity index (χ1n) is 9.49. The van der Waals surface area contributed by atoms with Crippen molar-refractivity contribution in [2.24, 2.45) is 0 Å². The van der Waals surface area contributed by atoms with Crippen LogP contribution in [0.3, 0.4) is 0 Å². The Kier molecular flexibility index (Phi) is 5.92. The number of hydrogen-bond donors (Lipinski definition) is 0. The summed E-state index contributed by atoms with van der Waals surface area (Å²) in [5.41, 5.74) is 3.13. The zero-order valence-corrected chi connectivity index (χ0v) is 17.7. The third kappa shape index (κ3) is 3.78. The van der Waals surface area contributed by atoms with E-state index in [9.17, 15) is 4.79 Å². The fourth-order valence-electron chi connectivity index (χ4n) is 3.89. The maximum atomic E-state index is 12.3. The molecule has 2 aromatic carbocycles. The molecule has 0 N–H and O–H groups in total. The van der Waals surface area contributed by atoms with Crippen molar-refractivity contribution in [3.8, 4) is 0 Å². The number of hydrogen-bond acceptors (Lipinski definition) is 5. The molecule has 1 aliphatic rings. The molecule has 0 fully saturated rings. The largest absolute Gasteiger partial charge is 0.383 e. The monoisotopic (exact) mass is 451 g/mol. The Bertz CT molecular complexity index is 929. The summed E-state index contributed by atoms with van der Waals surface area (Å²) in [5.74, 6) is 0.791. The summed E-state index contributed by atoms with van der Waals surface area (Å²) in [7, 11) is 1.67. The van der Waals surface area contributed by atoms with Crippen LogP contribution in [0, 0.1) is 0 Å². The van der Waals surface area contributed by atoms with Crippen LogP contribution in [-0.2, 0) is 9.53 Å². The van der Waals surface area contributed by atoms with Gasteiger partial charge in [0, 0.05) is 24.3 Å². The average molecular weight is 452 g/mol. The second-order valence-corrected chi connectivity index (χ2v) is 7.78. The molecule has 4 rings (SSSR count). The van der Waals surface area contributed by atoms with Gasteiger partial charge in [-0.05, 0) is 33.1 Å². The Morgan fingerprint density at radius 3 is 2.28 bits per heavy atom. The number of rotatable bonds is 7. The standard InChI is InChI=1S/C23H22BrN3O2/c1-29-13-12-26-20-14-19(24)15-25-23(20)27(21(26)16-28)22(17-8-4-2-5-9-17)18-10-6-3-7-11-18/h2-11,14-16,21-22H,12-13H2,1H3. The number of ether oxygens (including phenoxy) is 1. The van der Waals surface area contributed by atoms with E-state index in [4.69, 9.17) is 9.72 Å². The number of anilines is 2. The number of methoxy groups -OCH3 is 1. The maximum absolute atomic E-state index is 12.3. The third-order valence-electron chi connectivity index (χ3n) is 5.14. The normalized spacial score (nSPS) is 15.6. The summed E-state index contributed by atoms with van der Waals surface area (Å²) in [6, 6.07) is 22.3. The molecule has 0 bridgehead atoms. The number of carbonyl (C=O) groups is 1. The summed E-state index contributed by atoms with van der Waals surface area (Å²) >= 11 is 3.52. The lowest BCUT2D eigenvalue weighted by Crippen LogP contribution is -2.47. The second-order valence-electron chi connectivity index (χ2n) is 6.86.